The molecule has 3 rings (SSSR count). The first-order valence-corrected chi connectivity index (χ1v) is 10.7. The Hall–Kier alpha value is -3.39. The highest BCUT2D eigenvalue weighted by Crippen LogP contribution is 2.29. The molecule has 1 amide bonds. The average molecular weight is 411 g/mol. The van der Waals surface area contributed by atoms with E-state index in [1.54, 1.807) is 24.3 Å². The van der Waals surface area contributed by atoms with Gasteiger partial charge < -0.3 is 4.74 Å². The number of rotatable bonds is 7. The number of carbonyl (C=O) groups is 1. The van der Waals surface area contributed by atoms with Crippen LogP contribution in [0.3, 0.4) is 0 Å². The van der Waals surface area contributed by atoms with Gasteiger partial charge in [-0.15, -0.1) is 0 Å². The molecule has 29 heavy (non-hydrogen) atoms. The predicted octanol–water partition coefficient (Wildman–Crippen LogP) is 2.76. The van der Waals surface area contributed by atoms with Crippen LogP contribution < -0.4 is 14.5 Å². The van der Waals surface area contributed by atoms with Crippen LogP contribution in [0.5, 0.6) is 5.75 Å². The Morgan fingerprint density at radius 1 is 1.07 bits per heavy atom. The molecule has 0 fully saturated rings. The van der Waals surface area contributed by atoms with E-state index in [1.807, 2.05) is 42.5 Å². The van der Waals surface area contributed by atoms with Crippen LogP contribution in [0.1, 0.15) is 5.56 Å². The maximum atomic E-state index is 12.4. The van der Waals surface area contributed by atoms with Crippen molar-refractivity contribution in [3.05, 3.63) is 72.3 Å². The first-order valence-electron chi connectivity index (χ1n) is 8.80. The molecule has 1 N–H and O–H groups in total. The Morgan fingerprint density at radius 2 is 1.76 bits per heavy atom. The lowest BCUT2D eigenvalue weighted by Crippen LogP contribution is -2.39. The highest BCUT2D eigenvalue weighted by molar-refractivity contribution is 7.92. The van der Waals surface area contributed by atoms with Gasteiger partial charge in [0.2, 0.25) is 10.0 Å². The number of carbonyl (C=O) groups excluding carboxylic acids is 1. The minimum atomic E-state index is -3.71. The summed E-state index contributed by atoms with van der Waals surface area (Å²) in [6, 6.07) is 20.2. The molecule has 0 aromatic heterocycles. The second-order valence-electron chi connectivity index (χ2n) is 6.30. The van der Waals surface area contributed by atoms with E-state index in [9.17, 15) is 13.2 Å². The number of nitrogens with zero attached hydrogens (tertiary/aromatic N) is 2. The van der Waals surface area contributed by atoms with Crippen LogP contribution in [0.15, 0.2) is 71.8 Å². The summed E-state index contributed by atoms with van der Waals surface area (Å²) >= 11 is 0. The summed E-state index contributed by atoms with van der Waals surface area (Å²) in [6.07, 6.45) is 2.57. The molecule has 0 aliphatic heterocycles. The third-order valence-corrected chi connectivity index (χ3v) is 5.38. The number of sulfonamides is 1. The molecule has 7 nitrogen and oxygen atoms in total. The van der Waals surface area contributed by atoms with Crippen LogP contribution in [0.4, 0.5) is 5.69 Å². The van der Waals surface area contributed by atoms with Gasteiger partial charge in [-0.05, 0) is 22.9 Å². The number of hydrogen-bond acceptors (Lipinski definition) is 5. The first-order chi connectivity index (χ1) is 13.9. The van der Waals surface area contributed by atoms with Crippen molar-refractivity contribution in [1.29, 1.82) is 0 Å². The summed E-state index contributed by atoms with van der Waals surface area (Å²) in [4.78, 5) is 12.4. The van der Waals surface area contributed by atoms with E-state index < -0.39 is 22.5 Å². The summed E-state index contributed by atoms with van der Waals surface area (Å²) in [5.41, 5.74) is 3.51. The standard InChI is InChI=1S/C21H21N3O4S/c1-28-20-13-6-5-12-19(20)24(29(2,26)27)15-21(25)23-22-14-17-10-7-9-16-8-3-4-11-18(16)17/h3-14H,15H2,1-2H3,(H,23,25)/b22-14-. The van der Waals surface area contributed by atoms with Crippen LogP contribution >= 0.6 is 0 Å². The maximum Gasteiger partial charge on any atom is 0.260 e. The number of anilines is 1. The van der Waals surface area contributed by atoms with Gasteiger partial charge in [0.25, 0.3) is 5.91 Å². The van der Waals surface area contributed by atoms with Gasteiger partial charge in [0.15, 0.2) is 0 Å². The van der Waals surface area contributed by atoms with Crippen molar-refractivity contribution in [3.8, 4) is 5.75 Å². The van der Waals surface area contributed by atoms with Crippen LogP contribution in [0, 0.1) is 0 Å². The summed E-state index contributed by atoms with van der Waals surface area (Å²) < 4.78 is 30.7. The molecule has 0 saturated carbocycles. The molecule has 0 heterocycles. The zero-order valence-corrected chi connectivity index (χ0v) is 16.9. The van der Waals surface area contributed by atoms with Crippen molar-refractivity contribution in [2.75, 3.05) is 24.2 Å². The topological polar surface area (TPSA) is 88.1 Å². The second-order valence-corrected chi connectivity index (χ2v) is 8.21. The van der Waals surface area contributed by atoms with Crippen LogP contribution in [-0.4, -0.2) is 40.4 Å². The van der Waals surface area contributed by atoms with E-state index in [4.69, 9.17) is 4.74 Å². The minimum Gasteiger partial charge on any atom is -0.495 e. The fraction of sp³-hybridized carbons (Fsp3) is 0.143. The van der Waals surface area contributed by atoms with Gasteiger partial charge in [-0.2, -0.15) is 5.10 Å². The number of hydrogen-bond donors (Lipinski definition) is 1. The number of hydrazone groups is 1. The Morgan fingerprint density at radius 3 is 2.52 bits per heavy atom. The van der Waals surface area contributed by atoms with Crippen LogP contribution in [-0.2, 0) is 14.8 Å². The first kappa shape index (κ1) is 20.3. The lowest BCUT2D eigenvalue weighted by Gasteiger charge is -2.23. The van der Waals surface area contributed by atoms with Crippen LogP contribution in [0.25, 0.3) is 10.8 Å². The van der Waals surface area contributed by atoms with Crippen molar-refractivity contribution in [1.82, 2.24) is 5.43 Å². The lowest BCUT2D eigenvalue weighted by atomic mass is 10.1. The quantitative estimate of drug-likeness (QED) is 0.478. The summed E-state index contributed by atoms with van der Waals surface area (Å²) in [6.45, 7) is -0.425. The lowest BCUT2D eigenvalue weighted by molar-refractivity contribution is -0.119. The molecular weight excluding hydrogens is 390 g/mol. The zero-order valence-electron chi connectivity index (χ0n) is 16.1. The Balaban J connectivity index is 1.76. The fourth-order valence-corrected chi connectivity index (χ4v) is 3.78. The largest absolute Gasteiger partial charge is 0.495 e. The molecule has 0 aliphatic rings. The monoisotopic (exact) mass is 411 g/mol. The average Bonchev–Trinajstić information content (AvgIpc) is 2.71. The van der Waals surface area contributed by atoms with Crippen LogP contribution in [0.2, 0.25) is 0 Å². The molecule has 0 atom stereocenters. The maximum absolute atomic E-state index is 12.4. The molecule has 0 radical (unpaired) electrons. The minimum absolute atomic E-state index is 0.283. The highest BCUT2D eigenvalue weighted by Gasteiger charge is 2.23. The normalized spacial score (nSPS) is 11.5. The summed E-state index contributed by atoms with van der Waals surface area (Å²) in [5.74, 6) is -0.220. The molecule has 3 aromatic rings. The second kappa shape index (κ2) is 8.74. The fourth-order valence-electron chi connectivity index (χ4n) is 2.92. The smallest absolute Gasteiger partial charge is 0.260 e. The molecule has 0 unspecified atom stereocenters. The highest BCUT2D eigenvalue weighted by atomic mass is 32.2. The molecule has 0 spiro atoms. The number of methoxy groups -OCH3 is 1. The Labute approximate surface area is 169 Å². The Kier molecular flexibility index (Phi) is 6.13. The van der Waals surface area contributed by atoms with Crippen molar-refractivity contribution in [2.45, 2.75) is 0 Å². The third kappa shape index (κ3) is 4.91. The molecule has 150 valence electrons. The van der Waals surface area contributed by atoms with E-state index >= 15 is 0 Å². The number of amides is 1. The Bertz CT molecular complexity index is 1150. The van der Waals surface area contributed by atoms with Crippen molar-refractivity contribution < 1.29 is 17.9 Å². The van der Waals surface area contributed by atoms with Crippen molar-refractivity contribution in [3.63, 3.8) is 0 Å². The van der Waals surface area contributed by atoms with Gasteiger partial charge in [0, 0.05) is 5.56 Å². The van der Waals surface area contributed by atoms with Crippen molar-refractivity contribution >= 4 is 38.6 Å². The predicted molar refractivity (Wildman–Crippen MR) is 115 cm³/mol. The number of para-hydroxylation sites is 2. The van der Waals surface area contributed by atoms with E-state index in [2.05, 4.69) is 10.5 Å². The summed E-state index contributed by atoms with van der Waals surface area (Å²) in [7, 11) is -2.27. The number of benzene rings is 3. The van der Waals surface area contributed by atoms with E-state index in [-0.39, 0.29) is 5.69 Å². The van der Waals surface area contributed by atoms with Gasteiger partial charge in [0.1, 0.15) is 12.3 Å². The van der Waals surface area contributed by atoms with Gasteiger partial charge in [-0.3, -0.25) is 9.10 Å². The summed E-state index contributed by atoms with van der Waals surface area (Å²) in [5, 5.41) is 6.04. The molecule has 8 heteroatoms. The van der Waals surface area contributed by atoms with Gasteiger partial charge in [-0.25, -0.2) is 13.8 Å². The zero-order chi connectivity index (χ0) is 20.9. The number of nitrogens with one attached hydrogen (secondary N) is 1. The van der Waals surface area contributed by atoms with E-state index in [0.29, 0.717) is 5.75 Å². The molecule has 0 saturated heterocycles. The number of fused-ring (bicyclic) bond motifs is 1. The van der Waals surface area contributed by atoms with Gasteiger partial charge in [0.05, 0.1) is 25.3 Å². The van der Waals surface area contributed by atoms with Gasteiger partial charge >= 0.3 is 0 Å². The van der Waals surface area contributed by atoms with E-state index in [0.717, 1.165) is 26.9 Å². The van der Waals surface area contributed by atoms with Gasteiger partial charge in [-0.1, -0.05) is 54.6 Å². The molecular formula is C21H21N3O4S. The van der Waals surface area contributed by atoms with E-state index in [1.165, 1.54) is 13.3 Å². The third-order valence-electron chi connectivity index (χ3n) is 4.26. The number of ether oxygens (including phenoxy) is 1. The molecule has 0 aliphatic carbocycles. The molecule has 0 bridgehead atoms. The molecule has 3 aromatic carbocycles. The van der Waals surface area contributed by atoms with Crippen molar-refractivity contribution in [2.24, 2.45) is 5.10 Å². The SMILES string of the molecule is COc1ccccc1N(CC(=O)N/N=C\c1cccc2ccccc12)S(C)(=O)=O.